The molecule has 2 N–H and O–H groups in total. The van der Waals surface area contributed by atoms with Gasteiger partial charge in [-0.2, -0.15) is 4.98 Å². The molecule has 0 saturated carbocycles. The maximum atomic E-state index is 4.92. The Hall–Kier alpha value is -0.940. The van der Waals surface area contributed by atoms with Gasteiger partial charge in [0.1, 0.15) is 0 Å². The van der Waals surface area contributed by atoms with E-state index in [9.17, 15) is 0 Å². The molecule has 1 aliphatic carbocycles. The molecule has 0 spiro atoms. The van der Waals surface area contributed by atoms with E-state index >= 15 is 0 Å². The Bertz CT molecular complexity index is 499. The van der Waals surface area contributed by atoms with Gasteiger partial charge in [-0.05, 0) is 43.1 Å². The summed E-state index contributed by atoms with van der Waals surface area (Å²) >= 11 is 6.75. The van der Waals surface area contributed by atoms with E-state index in [4.69, 9.17) is 12.2 Å². The van der Waals surface area contributed by atoms with Crippen LogP contribution in [0, 0.1) is 4.77 Å². The normalized spacial score (nSPS) is 14.6. The van der Waals surface area contributed by atoms with E-state index in [-0.39, 0.29) is 0 Å². The second-order valence-electron chi connectivity index (χ2n) is 3.43. The number of H-pyrrole nitrogens is 2. The molecule has 0 fully saturated rings. The number of rotatable bonds is 1. The van der Waals surface area contributed by atoms with Gasteiger partial charge in [-0.1, -0.05) is 0 Å². The van der Waals surface area contributed by atoms with Crippen LogP contribution in [-0.4, -0.2) is 15.2 Å². The molecule has 2 aromatic rings. The predicted molar refractivity (Wildman–Crippen MR) is 59.1 cm³/mol. The zero-order valence-corrected chi connectivity index (χ0v) is 9.10. The van der Waals surface area contributed by atoms with Crippen molar-refractivity contribution in [1.29, 1.82) is 0 Å². The molecule has 5 heteroatoms. The molecule has 1 aliphatic rings. The van der Waals surface area contributed by atoms with E-state index in [0.717, 1.165) is 5.82 Å². The Balaban J connectivity index is 2.09. The summed E-state index contributed by atoms with van der Waals surface area (Å²) in [5.41, 5.74) is 1.49. The van der Waals surface area contributed by atoms with E-state index in [2.05, 4.69) is 21.2 Å². The third-order valence-electron chi connectivity index (χ3n) is 2.48. The SMILES string of the molecule is S=c1nc(-c2cc3c(s2)CCC3)[nH][nH]1. The fourth-order valence-corrected chi connectivity index (χ4v) is 3.17. The van der Waals surface area contributed by atoms with E-state index in [1.54, 1.807) is 0 Å². The predicted octanol–water partition coefficient (Wildman–Crippen LogP) is 2.68. The van der Waals surface area contributed by atoms with Crippen molar-refractivity contribution in [3.63, 3.8) is 0 Å². The summed E-state index contributed by atoms with van der Waals surface area (Å²) in [6.07, 6.45) is 3.75. The molecule has 0 aromatic carbocycles. The van der Waals surface area contributed by atoms with Crippen LogP contribution >= 0.6 is 23.6 Å². The van der Waals surface area contributed by atoms with Gasteiger partial charge >= 0.3 is 0 Å². The van der Waals surface area contributed by atoms with Crippen LogP contribution in [0.5, 0.6) is 0 Å². The molecule has 0 aliphatic heterocycles. The van der Waals surface area contributed by atoms with Crippen molar-refractivity contribution in [3.05, 3.63) is 21.3 Å². The first-order valence-corrected chi connectivity index (χ1v) is 5.82. The molecule has 0 amide bonds. The van der Waals surface area contributed by atoms with Gasteiger partial charge in [-0.25, -0.2) is 0 Å². The summed E-state index contributed by atoms with van der Waals surface area (Å²) in [6, 6.07) is 2.23. The van der Waals surface area contributed by atoms with Gasteiger partial charge in [0.15, 0.2) is 5.82 Å². The maximum Gasteiger partial charge on any atom is 0.213 e. The zero-order chi connectivity index (χ0) is 9.54. The average Bonchev–Trinajstić information content (AvgIpc) is 2.75. The van der Waals surface area contributed by atoms with Crippen molar-refractivity contribution in [2.45, 2.75) is 19.3 Å². The van der Waals surface area contributed by atoms with Crippen molar-refractivity contribution in [2.24, 2.45) is 0 Å². The Morgan fingerprint density at radius 1 is 1.36 bits per heavy atom. The number of aromatic amines is 2. The largest absolute Gasteiger partial charge is 0.281 e. The summed E-state index contributed by atoms with van der Waals surface area (Å²) in [6.45, 7) is 0. The highest BCUT2D eigenvalue weighted by molar-refractivity contribution is 7.71. The Kier molecular flexibility index (Phi) is 1.81. The molecule has 14 heavy (non-hydrogen) atoms. The van der Waals surface area contributed by atoms with Gasteiger partial charge in [0.2, 0.25) is 4.77 Å². The van der Waals surface area contributed by atoms with E-state index in [1.807, 2.05) is 11.3 Å². The van der Waals surface area contributed by atoms with Crippen molar-refractivity contribution in [3.8, 4) is 10.7 Å². The first-order valence-electron chi connectivity index (χ1n) is 4.59. The van der Waals surface area contributed by atoms with Gasteiger partial charge in [0.25, 0.3) is 0 Å². The highest BCUT2D eigenvalue weighted by Gasteiger charge is 2.16. The number of hydrogen-bond donors (Lipinski definition) is 2. The van der Waals surface area contributed by atoms with Crippen LogP contribution in [0.3, 0.4) is 0 Å². The third kappa shape index (κ3) is 1.24. The number of fused-ring (bicyclic) bond motifs is 1. The molecular formula is C9H9N3S2. The fraction of sp³-hybridized carbons (Fsp3) is 0.333. The maximum absolute atomic E-state index is 4.92. The van der Waals surface area contributed by atoms with Crippen molar-refractivity contribution >= 4 is 23.6 Å². The van der Waals surface area contributed by atoms with Gasteiger partial charge in [-0.15, -0.1) is 11.3 Å². The lowest BCUT2D eigenvalue weighted by Crippen LogP contribution is -1.76. The lowest BCUT2D eigenvalue weighted by atomic mass is 10.2. The quantitative estimate of drug-likeness (QED) is 0.730. The highest BCUT2D eigenvalue weighted by Crippen LogP contribution is 2.34. The summed E-state index contributed by atoms with van der Waals surface area (Å²) < 4.78 is 0.522. The molecular weight excluding hydrogens is 214 g/mol. The molecule has 0 unspecified atom stereocenters. The lowest BCUT2D eigenvalue weighted by Gasteiger charge is -1.88. The van der Waals surface area contributed by atoms with E-state index in [1.165, 1.54) is 34.6 Å². The summed E-state index contributed by atoms with van der Waals surface area (Å²) in [4.78, 5) is 6.92. The molecule has 2 heterocycles. The average molecular weight is 223 g/mol. The van der Waals surface area contributed by atoms with Gasteiger partial charge in [0.05, 0.1) is 4.88 Å². The minimum Gasteiger partial charge on any atom is -0.281 e. The van der Waals surface area contributed by atoms with Gasteiger partial charge in [0, 0.05) is 4.88 Å². The molecule has 0 radical (unpaired) electrons. The molecule has 0 atom stereocenters. The number of thiophene rings is 1. The van der Waals surface area contributed by atoms with E-state index in [0.29, 0.717) is 4.77 Å². The Morgan fingerprint density at radius 3 is 3.00 bits per heavy atom. The van der Waals surface area contributed by atoms with Crippen LogP contribution in [0.25, 0.3) is 10.7 Å². The first kappa shape index (κ1) is 8.38. The van der Waals surface area contributed by atoms with Crippen LogP contribution in [0.1, 0.15) is 16.9 Å². The zero-order valence-electron chi connectivity index (χ0n) is 7.46. The standard InChI is InChI=1S/C9H9N3S2/c13-9-10-8(11-12-9)7-4-5-2-1-3-6(5)14-7/h4H,1-3H2,(H2,10,11,12,13). The Labute approximate surface area is 90.2 Å². The number of hydrogen-bond acceptors (Lipinski definition) is 3. The third-order valence-corrected chi connectivity index (χ3v) is 3.92. The minimum absolute atomic E-state index is 0.522. The first-order chi connectivity index (χ1) is 6.83. The van der Waals surface area contributed by atoms with E-state index < -0.39 is 0 Å². The number of aryl methyl sites for hydroxylation is 2. The number of nitrogens with one attached hydrogen (secondary N) is 2. The van der Waals surface area contributed by atoms with Crippen LogP contribution in [-0.2, 0) is 12.8 Å². The van der Waals surface area contributed by atoms with Crippen molar-refractivity contribution < 1.29 is 0 Å². The topological polar surface area (TPSA) is 44.5 Å². The van der Waals surface area contributed by atoms with Gasteiger partial charge in [-0.3, -0.25) is 10.2 Å². The summed E-state index contributed by atoms with van der Waals surface area (Å²) in [5, 5.41) is 5.80. The van der Waals surface area contributed by atoms with Crippen LogP contribution in [0.4, 0.5) is 0 Å². The molecule has 72 valence electrons. The van der Waals surface area contributed by atoms with Crippen LogP contribution < -0.4 is 0 Å². The van der Waals surface area contributed by atoms with Crippen LogP contribution in [0.15, 0.2) is 6.07 Å². The molecule has 3 rings (SSSR count). The smallest absolute Gasteiger partial charge is 0.213 e. The number of aromatic nitrogens is 3. The number of nitrogens with zero attached hydrogens (tertiary/aromatic N) is 1. The van der Waals surface area contributed by atoms with Crippen molar-refractivity contribution in [1.82, 2.24) is 15.2 Å². The molecule has 2 aromatic heterocycles. The minimum atomic E-state index is 0.522. The monoisotopic (exact) mass is 223 g/mol. The molecule has 0 saturated heterocycles. The van der Waals surface area contributed by atoms with Gasteiger partial charge < -0.3 is 0 Å². The summed E-state index contributed by atoms with van der Waals surface area (Å²) in [5.74, 6) is 0.870. The van der Waals surface area contributed by atoms with Crippen LogP contribution in [0.2, 0.25) is 0 Å². The Morgan fingerprint density at radius 2 is 2.29 bits per heavy atom. The highest BCUT2D eigenvalue weighted by atomic mass is 32.1. The summed E-state index contributed by atoms with van der Waals surface area (Å²) in [7, 11) is 0. The second kappa shape index (κ2) is 3.03. The van der Waals surface area contributed by atoms with Crippen molar-refractivity contribution in [2.75, 3.05) is 0 Å². The molecule has 0 bridgehead atoms. The fourth-order valence-electron chi connectivity index (χ4n) is 1.83. The molecule has 3 nitrogen and oxygen atoms in total. The second-order valence-corrected chi connectivity index (χ2v) is 4.95. The lowest BCUT2D eigenvalue weighted by molar-refractivity contribution is 0.915.